The highest BCUT2D eigenvalue weighted by Crippen LogP contribution is 1.98. The van der Waals surface area contributed by atoms with E-state index < -0.39 is 0 Å². The minimum absolute atomic E-state index is 0.500. The zero-order valence-electron chi connectivity index (χ0n) is 7.51. The molecular weight excluding hydrogens is 177 g/mol. The number of alkyl halides is 1. The van der Waals surface area contributed by atoms with Crippen LogP contribution in [0, 0.1) is 0 Å². The molecule has 0 aromatic heterocycles. The Hall–Kier alpha value is -1.25. The SMILES string of the molecule is C=CCc1ccccc1.CF.FF. The van der Waals surface area contributed by atoms with E-state index in [-0.39, 0.29) is 0 Å². The molecule has 0 heterocycles. The molecule has 0 fully saturated rings. The molecule has 0 N–H and O–H groups in total. The maximum atomic E-state index is 9.50. The van der Waals surface area contributed by atoms with Gasteiger partial charge in [0.1, 0.15) is 0 Å². The van der Waals surface area contributed by atoms with E-state index in [1.807, 2.05) is 24.3 Å². The number of halogens is 3. The Bertz CT molecular complexity index is 185. The first-order valence-electron chi connectivity index (χ1n) is 3.60. The molecule has 0 amide bonds. The van der Waals surface area contributed by atoms with Crippen molar-refractivity contribution in [2.24, 2.45) is 0 Å². The minimum atomic E-state index is 0.500. The van der Waals surface area contributed by atoms with Gasteiger partial charge in [-0.15, -0.1) is 6.58 Å². The van der Waals surface area contributed by atoms with Crippen molar-refractivity contribution in [3.05, 3.63) is 48.6 Å². The summed E-state index contributed by atoms with van der Waals surface area (Å²) in [5, 5.41) is 0. The van der Waals surface area contributed by atoms with Crippen LogP contribution in [0.1, 0.15) is 5.56 Å². The molecule has 0 unspecified atom stereocenters. The van der Waals surface area contributed by atoms with Gasteiger partial charge in [-0.2, -0.15) is 0 Å². The highest BCUT2D eigenvalue weighted by Gasteiger charge is 1.82. The number of allylic oxidation sites excluding steroid dienone is 1. The second kappa shape index (κ2) is 13.3. The van der Waals surface area contributed by atoms with Crippen LogP contribution < -0.4 is 0 Å². The summed E-state index contributed by atoms with van der Waals surface area (Å²) >= 11 is 0. The first-order valence-corrected chi connectivity index (χ1v) is 3.60. The lowest BCUT2D eigenvalue weighted by molar-refractivity contribution is 0.108. The van der Waals surface area contributed by atoms with E-state index in [1.165, 1.54) is 5.56 Å². The molecule has 13 heavy (non-hydrogen) atoms. The highest BCUT2D eigenvalue weighted by atomic mass is 20.0. The molecular formula is C10H13F3. The Kier molecular flexibility index (Phi) is 14.7. The predicted molar refractivity (Wildman–Crippen MR) is 49.6 cm³/mol. The van der Waals surface area contributed by atoms with Gasteiger partial charge in [0.2, 0.25) is 0 Å². The Morgan fingerprint density at radius 1 is 1.15 bits per heavy atom. The van der Waals surface area contributed by atoms with Crippen LogP contribution in [0.25, 0.3) is 0 Å². The molecule has 0 aliphatic rings. The smallest absolute Gasteiger partial charge is 0.0785 e. The Labute approximate surface area is 76.6 Å². The summed E-state index contributed by atoms with van der Waals surface area (Å²) < 4.78 is 25.5. The summed E-state index contributed by atoms with van der Waals surface area (Å²) in [5.74, 6) is 0. The van der Waals surface area contributed by atoms with E-state index in [9.17, 15) is 4.39 Å². The van der Waals surface area contributed by atoms with Gasteiger partial charge in [-0.25, -0.2) is 0 Å². The second-order valence-electron chi connectivity index (χ2n) is 1.98. The average Bonchev–Trinajstić information content (AvgIpc) is 2.26. The van der Waals surface area contributed by atoms with Crippen LogP contribution in [0.2, 0.25) is 0 Å². The van der Waals surface area contributed by atoms with Crippen molar-refractivity contribution in [2.45, 2.75) is 6.42 Å². The molecule has 0 spiro atoms. The molecule has 0 atom stereocenters. The van der Waals surface area contributed by atoms with Gasteiger partial charge in [0.05, 0.1) is 7.18 Å². The fourth-order valence-corrected chi connectivity index (χ4v) is 0.781. The topological polar surface area (TPSA) is 0 Å². The van der Waals surface area contributed by atoms with Gasteiger partial charge in [0.15, 0.2) is 0 Å². The van der Waals surface area contributed by atoms with Crippen LogP contribution in [0.3, 0.4) is 0 Å². The standard InChI is InChI=1S/C9H10.CH3F.F2/c1-2-6-9-7-4-3-5-8-9;2*1-2/h2-5,7-8H,1,6H2;1H3;. The molecule has 0 aliphatic carbocycles. The van der Waals surface area contributed by atoms with Crippen LogP contribution in [0.15, 0.2) is 43.0 Å². The molecule has 0 bridgehead atoms. The number of hydrogen-bond donors (Lipinski definition) is 0. The first kappa shape index (κ1) is 14.3. The summed E-state index contributed by atoms with van der Waals surface area (Å²) in [6, 6.07) is 10.3. The Morgan fingerprint density at radius 3 is 2.00 bits per heavy atom. The van der Waals surface area contributed by atoms with Gasteiger partial charge >= 0.3 is 0 Å². The van der Waals surface area contributed by atoms with Crippen molar-refractivity contribution in [2.75, 3.05) is 7.18 Å². The lowest BCUT2D eigenvalue weighted by atomic mass is 10.2. The molecule has 1 aromatic carbocycles. The minimum Gasteiger partial charge on any atom is -0.255 e. The third kappa shape index (κ3) is 8.66. The van der Waals surface area contributed by atoms with Crippen LogP contribution >= 0.6 is 0 Å². The molecule has 74 valence electrons. The van der Waals surface area contributed by atoms with E-state index in [2.05, 4.69) is 18.7 Å². The van der Waals surface area contributed by atoms with E-state index in [0.717, 1.165) is 6.42 Å². The molecule has 0 aliphatic heterocycles. The van der Waals surface area contributed by atoms with Crippen molar-refractivity contribution in [3.63, 3.8) is 0 Å². The van der Waals surface area contributed by atoms with Gasteiger partial charge in [0.25, 0.3) is 0 Å². The summed E-state index contributed by atoms with van der Waals surface area (Å²) in [7, 11) is 0.500. The number of rotatable bonds is 2. The zero-order chi connectivity index (χ0) is 10.5. The van der Waals surface area contributed by atoms with Gasteiger partial charge in [-0.1, -0.05) is 36.4 Å². The average molecular weight is 190 g/mol. The summed E-state index contributed by atoms with van der Waals surface area (Å²) in [6.45, 7) is 3.66. The summed E-state index contributed by atoms with van der Waals surface area (Å²) in [5.41, 5.74) is 1.33. The lowest BCUT2D eigenvalue weighted by Crippen LogP contribution is -1.75. The fraction of sp³-hybridized carbons (Fsp3) is 0.200. The van der Waals surface area contributed by atoms with Crippen LogP contribution in [-0.4, -0.2) is 7.18 Å². The Balaban J connectivity index is 0. The third-order valence-corrected chi connectivity index (χ3v) is 1.22. The maximum absolute atomic E-state index is 9.50. The second-order valence-corrected chi connectivity index (χ2v) is 1.98. The molecule has 1 aromatic rings. The molecule has 0 radical (unpaired) electrons. The largest absolute Gasteiger partial charge is 0.255 e. The van der Waals surface area contributed by atoms with Crippen LogP contribution in [0.5, 0.6) is 0 Å². The van der Waals surface area contributed by atoms with Crippen molar-refractivity contribution < 1.29 is 13.5 Å². The van der Waals surface area contributed by atoms with E-state index in [1.54, 1.807) is 0 Å². The highest BCUT2D eigenvalue weighted by molar-refractivity contribution is 5.16. The van der Waals surface area contributed by atoms with Crippen molar-refractivity contribution in [1.82, 2.24) is 0 Å². The van der Waals surface area contributed by atoms with Gasteiger partial charge in [-0.3, -0.25) is 4.39 Å². The van der Waals surface area contributed by atoms with E-state index >= 15 is 0 Å². The first-order chi connectivity index (χ1) is 6.43. The molecule has 0 nitrogen and oxygen atoms in total. The van der Waals surface area contributed by atoms with Crippen LogP contribution in [0.4, 0.5) is 13.5 Å². The van der Waals surface area contributed by atoms with Crippen LogP contribution in [-0.2, 0) is 6.42 Å². The zero-order valence-corrected chi connectivity index (χ0v) is 7.51. The fourth-order valence-electron chi connectivity index (χ4n) is 0.781. The third-order valence-electron chi connectivity index (χ3n) is 1.22. The maximum Gasteiger partial charge on any atom is 0.0785 e. The predicted octanol–water partition coefficient (Wildman–Crippen LogP) is 3.84. The Morgan fingerprint density at radius 2 is 1.62 bits per heavy atom. The normalized spacial score (nSPS) is 7.08. The van der Waals surface area contributed by atoms with Gasteiger partial charge < -0.3 is 0 Å². The lowest BCUT2D eigenvalue weighted by Gasteiger charge is -1.91. The molecule has 3 heteroatoms. The van der Waals surface area contributed by atoms with Crippen molar-refractivity contribution in [1.29, 1.82) is 0 Å². The molecule has 0 saturated carbocycles. The number of benzene rings is 1. The summed E-state index contributed by atoms with van der Waals surface area (Å²) in [6.07, 6.45) is 2.89. The van der Waals surface area contributed by atoms with Gasteiger partial charge in [0, 0.05) is 9.15 Å². The van der Waals surface area contributed by atoms with E-state index in [4.69, 9.17) is 9.15 Å². The van der Waals surface area contributed by atoms with E-state index in [0.29, 0.717) is 7.18 Å². The number of hydrogen-bond acceptors (Lipinski definition) is 0. The monoisotopic (exact) mass is 190 g/mol. The summed E-state index contributed by atoms with van der Waals surface area (Å²) in [4.78, 5) is 0. The van der Waals surface area contributed by atoms with Crippen molar-refractivity contribution >= 4 is 0 Å². The van der Waals surface area contributed by atoms with Gasteiger partial charge in [-0.05, 0) is 12.0 Å². The quantitative estimate of drug-likeness (QED) is 0.621. The molecule has 1 rings (SSSR count). The molecule has 0 saturated heterocycles. The van der Waals surface area contributed by atoms with Crippen molar-refractivity contribution in [3.8, 4) is 0 Å².